The van der Waals surface area contributed by atoms with E-state index in [1.165, 1.54) is 6.42 Å². The standard InChI is InChI=1S/C24H29NO5/c1-14-22-19(25-23(14)24(27)30-16-7-5-4-6-8-16)11-15(12-20(22)26)18-13-17(28-2)9-10-21(18)29-3/h9-10,13,15-16,25H,4-8,11-12H2,1-3H3. The zero-order valence-corrected chi connectivity index (χ0v) is 17.9. The highest BCUT2D eigenvalue weighted by Crippen LogP contribution is 2.40. The van der Waals surface area contributed by atoms with E-state index >= 15 is 0 Å². The maximum absolute atomic E-state index is 13.0. The van der Waals surface area contributed by atoms with E-state index in [1.54, 1.807) is 14.2 Å². The lowest BCUT2D eigenvalue weighted by molar-refractivity contribution is 0.0204. The summed E-state index contributed by atoms with van der Waals surface area (Å²) in [5, 5.41) is 0. The van der Waals surface area contributed by atoms with E-state index < -0.39 is 0 Å². The quantitative estimate of drug-likeness (QED) is 0.719. The smallest absolute Gasteiger partial charge is 0.355 e. The number of rotatable bonds is 5. The van der Waals surface area contributed by atoms with Crippen LogP contribution in [0.4, 0.5) is 0 Å². The molecule has 6 heteroatoms. The molecule has 0 saturated heterocycles. The van der Waals surface area contributed by atoms with E-state index in [9.17, 15) is 9.59 Å². The van der Waals surface area contributed by atoms with Crippen LogP contribution in [0.25, 0.3) is 0 Å². The molecule has 0 aliphatic heterocycles. The number of hydrogen-bond acceptors (Lipinski definition) is 5. The van der Waals surface area contributed by atoms with Gasteiger partial charge in [0.1, 0.15) is 23.3 Å². The average Bonchev–Trinajstić information content (AvgIpc) is 3.11. The minimum absolute atomic E-state index is 0.0181. The molecule has 1 saturated carbocycles. The fraction of sp³-hybridized carbons (Fsp3) is 0.500. The van der Waals surface area contributed by atoms with Crippen LogP contribution >= 0.6 is 0 Å². The summed E-state index contributed by atoms with van der Waals surface area (Å²) < 4.78 is 16.6. The van der Waals surface area contributed by atoms with Crippen molar-refractivity contribution < 1.29 is 23.8 Å². The van der Waals surface area contributed by atoms with Crippen molar-refractivity contribution in [1.29, 1.82) is 0 Å². The van der Waals surface area contributed by atoms with Gasteiger partial charge in [-0.25, -0.2) is 4.79 Å². The number of benzene rings is 1. The molecule has 2 aliphatic rings. The van der Waals surface area contributed by atoms with Crippen molar-refractivity contribution in [1.82, 2.24) is 4.98 Å². The Morgan fingerprint density at radius 3 is 2.53 bits per heavy atom. The van der Waals surface area contributed by atoms with Crippen molar-refractivity contribution in [3.8, 4) is 11.5 Å². The fourth-order valence-corrected chi connectivity index (χ4v) is 4.81. The number of carbonyl (C=O) groups excluding carboxylic acids is 2. The Morgan fingerprint density at radius 2 is 1.83 bits per heavy atom. The predicted octanol–water partition coefficient (Wildman–Crippen LogP) is 4.74. The zero-order valence-electron chi connectivity index (χ0n) is 17.9. The topological polar surface area (TPSA) is 77.6 Å². The number of hydrogen-bond donors (Lipinski definition) is 1. The van der Waals surface area contributed by atoms with Crippen molar-refractivity contribution in [2.24, 2.45) is 0 Å². The third-order valence-corrected chi connectivity index (χ3v) is 6.40. The summed E-state index contributed by atoms with van der Waals surface area (Å²) in [6.45, 7) is 1.83. The minimum Gasteiger partial charge on any atom is -0.497 e. The van der Waals surface area contributed by atoms with Crippen LogP contribution in [0.1, 0.15) is 82.1 Å². The van der Waals surface area contributed by atoms with Gasteiger partial charge in [0.15, 0.2) is 5.78 Å². The molecule has 30 heavy (non-hydrogen) atoms. The first-order valence-corrected chi connectivity index (χ1v) is 10.7. The van der Waals surface area contributed by atoms with Crippen LogP contribution in [0.3, 0.4) is 0 Å². The van der Waals surface area contributed by atoms with Crippen molar-refractivity contribution in [3.63, 3.8) is 0 Å². The lowest BCUT2D eigenvalue weighted by Gasteiger charge is -2.24. The highest BCUT2D eigenvalue weighted by atomic mass is 16.5. The molecule has 1 heterocycles. The maximum atomic E-state index is 13.0. The molecule has 1 unspecified atom stereocenters. The zero-order chi connectivity index (χ0) is 21.3. The number of ketones is 1. The summed E-state index contributed by atoms with van der Waals surface area (Å²) >= 11 is 0. The first-order chi connectivity index (χ1) is 14.5. The van der Waals surface area contributed by atoms with Crippen LogP contribution in [0.15, 0.2) is 18.2 Å². The number of methoxy groups -OCH3 is 2. The Balaban J connectivity index is 1.60. The van der Waals surface area contributed by atoms with Gasteiger partial charge in [0.05, 0.1) is 14.2 Å². The molecule has 6 nitrogen and oxygen atoms in total. The van der Waals surface area contributed by atoms with Gasteiger partial charge in [0.2, 0.25) is 0 Å². The maximum Gasteiger partial charge on any atom is 0.355 e. The Labute approximate surface area is 176 Å². The van der Waals surface area contributed by atoms with Gasteiger partial charge in [-0.1, -0.05) is 6.42 Å². The molecule has 0 amide bonds. The lowest BCUT2D eigenvalue weighted by Crippen LogP contribution is -2.21. The van der Waals surface area contributed by atoms with Crippen LogP contribution < -0.4 is 9.47 Å². The number of esters is 1. The van der Waals surface area contributed by atoms with E-state index in [0.29, 0.717) is 29.7 Å². The first-order valence-electron chi connectivity index (χ1n) is 10.7. The number of aromatic amines is 1. The Morgan fingerprint density at radius 1 is 1.07 bits per heavy atom. The Bertz CT molecular complexity index is 955. The molecule has 1 fully saturated rings. The summed E-state index contributed by atoms with van der Waals surface area (Å²) in [5.41, 5.74) is 3.50. The van der Waals surface area contributed by atoms with Gasteiger partial charge < -0.3 is 19.2 Å². The number of ether oxygens (including phenoxy) is 3. The molecule has 0 radical (unpaired) electrons. The van der Waals surface area contributed by atoms with Gasteiger partial charge in [0.25, 0.3) is 0 Å². The van der Waals surface area contributed by atoms with Crippen LogP contribution in [-0.2, 0) is 11.2 Å². The molecule has 1 aromatic carbocycles. The van der Waals surface area contributed by atoms with Gasteiger partial charge in [-0.15, -0.1) is 0 Å². The van der Waals surface area contributed by atoms with E-state index in [2.05, 4.69) is 4.98 Å². The number of H-pyrrole nitrogens is 1. The van der Waals surface area contributed by atoms with Gasteiger partial charge >= 0.3 is 5.97 Å². The summed E-state index contributed by atoms with van der Waals surface area (Å²) in [7, 11) is 3.24. The van der Waals surface area contributed by atoms with E-state index in [-0.39, 0.29) is 23.8 Å². The lowest BCUT2D eigenvalue weighted by atomic mass is 9.81. The highest BCUT2D eigenvalue weighted by molar-refractivity contribution is 6.03. The second-order valence-corrected chi connectivity index (χ2v) is 8.28. The normalized spacial score (nSPS) is 19.3. The average molecular weight is 411 g/mol. The van der Waals surface area contributed by atoms with Gasteiger partial charge in [-0.3, -0.25) is 4.79 Å². The molecular weight excluding hydrogens is 382 g/mol. The van der Waals surface area contributed by atoms with Gasteiger partial charge in [0, 0.05) is 29.2 Å². The van der Waals surface area contributed by atoms with E-state index in [0.717, 1.165) is 48.4 Å². The van der Waals surface area contributed by atoms with E-state index in [1.807, 2.05) is 25.1 Å². The number of Topliss-reactive ketones (excluding diaryl/α,β-unsaturated/α-hetero) is 1. The molecule has 0 spiro atoms. The second-order valence-electron chi connectivity index (χ2n) is 8.28. The largest absolute Gasteiger partial charge is 0.497 e. The molecular formula is C24H29NO5. The molecule has 1 aromatic heterocycles. The molecule has 1 atom stereocenters. The number of carbonyl (C=O) groups is 2. The van der Waals surface area contributed by atoms with Crippen LogP contribution in [0, 0.1) is 6.92 Å². The third-order valence-electron chi connectivity index (χ3n) is 6.40. The van der Waals surface area contributed by atoms with Crippen LogP contribution in [0.2, 0.25) is 0 Å². The van der Waals surface area contributed by atoms with Gasteiger partial charge in [-0.2, -0.15) is 0 Å². The summed E-state index contributed by atoms with van der Waals surface area (Å²) in [4.78, 5) is 29.0. The van der Waals surface area contributed by atoms with Crippen molar-refractivity contribution in [2.75, 3.05) is 14.2 Å². The number of aromatic nitrogens is 1. The SMILES string of the molecule is COc1ccc(OC)c(C2CC(=O)c3c([nH]c(C(=O)OC4CCCCC4)c3C)C2)c1. The number of fused-ring (bicyclic) bond motifs is 1. The Kier molecular flexibility index (Phi) is 5.84. The van der Waals surface area contributed by atoms with Crippen LogP contribution in [-0.4, -0.2) is 37.1 Å². The molecule has 4 rings (SSSR count). The molecule has 0 bridgehead atoms. The predicted molar refractivity (Wildman–Crippen MR) is 113 cm³/mol. The molecule has 1 N–H and O–H groups in total. The second kappa shape index (κ2) is 8.54. The molecule has 160 valence electrons. The molecule has 2 aromatic rings. The summed E-state index contributed by atoms with van der Waals surface area (Å²) in [6, 6.07) is 5.63. The fourth-order valence-electron chi connectivity index (χ4n) is 4.81. The first kappa shape index (κ1) is 20.5. The van der Waals surface area contributed by atoms with E-state index in [4.69, 9.17) is 14.2 Å². The van der Waals surface area contributed by atoms with Gasteiger partial charge in [-0.05, 0) is 62.8 Å². The molecule has 2 aliphatic carbocycles. The monoisotopic (exact) mass is 411 g/mol. The summed E-state index contributed by atoms with van der Waals surface area (Å²) in [5.74, 6) is 1.10. The van der Waals surface area contributed by atoms with Crippen molar-refractivity contribution in [2.45, 2.75) is 63.9 Å². The van der Waals surface area contributed by atoms with Crippen molar-refractivity contribution >= 4 is 11.8 Å². The Hall–Kier alpha value is -2.76. The number of nitrogens with one attached hydrogen (secondary N) is 1. The summed E-state index contributed by atoms with van der Waals surface area (Å²) in [6.07, 6.45) is 6.21. The third kappa shape index (κ3) is 3.83. The van der Waals surface area contributed by atoms with Crippen molar-refractivity contribution in [3.05, 3.63) is 46.3 Å². The van der Waals surface area contributed by atoms with Crippen LogP contribution in [0.5, 0.6) is 11.5 Å². The highest BCUT2D eigenvalue weighted by Gasteiger charge is 2.34. The minimum atomic E-state index is -0.350.